The molecule has 2 heterocycles. The third kappa shape index (κ3) is 3.83. The number of hydrogen-bond acceptors (Lipinski definition) is 6. The average molecular weight is 454 g/mol. The topological polar surface area (TPSA) is 103 Å². The summed E-state index contributed by atoms with van der Waals surface area (Å²) in [4.78, 5) is 25.1. The Kier molecular flexibility index (Phi) is 5.43. The smallest absolute Gasteiger partial charge is 0.262 e. The van der Waals surface area contributed by atoms with Gasteiger partial charge in [0.15, 0.2) is 5.82 Å². The Morgan fingerprint density at radius 2 is 1.65 bits per heavy atom. The van der Waals surface area contributed by atoms with Gasteiger partial charge in [-0.05, 0) is 60.7 Å². The van der Waals surface area contributed by atoms with Crippen LogP contribution in [0.1, 0.15) is 16.2 Å². The van der Waals surface area contributed by atoms with Crippen LogP contribution < -0.4 is 20.9 Å². The van der Waals surface area contributed by atoms with Crippen LogP contribution in [0.3, 0.4) is 0 Å². The summed E-state index contributed by atoms with van der Waals surface area (Å²) in [5.41, 5.74) is 2.70. The number of carbonyl (C=O) groups is 1. The summed E-state index contributed by atoms with van der Waals surface area (Å²) in [5, 5.41) is 15.3. The van der Waals surface area contributed by atoms with E-state index in [1.165, 1.54) is 4.57 Å². The average Bonchev–Trinajstić information content (AvgIpc) is 3.31. The van der Waals surface area contributed by atoms with Crippen LogP contribution in [-0.2, 0) is 13.6 Å². The van der Waals surface area contributed by atoms with Crippen molar-refractivity contribution in [3.63, 3.8) is 0 Å². The quantitative estimate of drug-likeness (QED) is 0.407. The molecule has 0 saturated heterocycles. The van der Waals surface area contributed by atoms with Crippen molar-refractivity contribution < 1.29 is 9.53 Å². The number of carbonyl (C=O) groups excluding carboxylic acids is 1. The van der Waals surface area contributed by atoms with Crippen LogP contribution >= 0.6 is 0 Å². The molecule has 0 atom stereocenters. The van der Waals surface area contributed by atoms with Crippen molar-refractivity contribution in [2.75, 3.05) is 17.7 Å². The maximum absolute atomic E-state index is 12.6. The Bertz CT molecular complexity index is 1550. The van der Waals surface area contributed by atoms with Crippen molar-refractivity contribution in [1.82, 2.24) is 19.2 Å². The molecule has 0 fully saturated rings. The van der Waals surface area contributed by atoms with Gasteiger partial charge in [0, 0.05) is 24.0 Å². The van der Waals surface area contributed by atoms with Crippen LogP contribution in [0, 0.1) is 0 Å². The molecule has 3 aromatic carbocycles. The molecule has 9 heteroatoms. The predicted molar refractivity (Wildman–Crippen MR) is 130 cm³/mol. The summed E-state index contributed by atoms with van der Waals surface area (Å²) in [6.07, 6.45) is 0. The second-order valence-electron chi connectivity index (χ2n) is 7.75. The standard InChI is InChI=1S/C25H22N6O3/c1-30-24(33)20-5-3-4-6-21(20)31-22(28-29-25(30)31)15-26-17-9-7-16(8-10-17)23(32)27-18-11-13-19(34-2)14-12-18/h3-14,26H,15H2,1-2H3,(H,27,32). The number of para-hydroxylation sites is 1. The van der Waals surface area contributed by atoms with Gasteiger partial charge in [-0.1, -0.05) is 12.1 Å². The summed E-state index contributed by atoms with van der Waals surface area (Å²) >= 11 is 0. The first-order valence-corrected chi connectivity index (χ1v) is 10.7. The molecular weight excluding hydrogens is 432 g/mol. The fourth-order valence-corrected chi connectivity index (χ4v) is 3.80. The van der Waals surface area contributed by atoms with Gasteiger partial charge in [-0.25, -0.2) is 0 Å². The number of fused-ring (bicyclic) bond motifs is 3. The van der Waals surface area contributed by atoms with E-state index in [4.69, 9.17) is 4.74 Å². The highest BCUT2D eigenvalue weighted by Crippen LogP contribution is 2.18. The number of nitrogens with one attached hydrogen (secondary N) is 2. The molecule has 0 aliphatic heterocycles. The predicted octanol–water partition coefficient (Wildman–Crippen LogP) is 3.45. The number of hydrogen-bond donors (Lipinski definition) is 2. The van der Waals surface area contributed by atoms with Gasteiger partial charge in [-0.2, -0.15) is 0 Å². The SMILES string of the molecule is COc1ccc(NC(=O)c2ccc(NCc3nnc4n(C)c(=O)c5ccccc5n34)cc2)cc1. The Morgan fingerprint density at radius 1 is 0.941 bits per heavy atom. The van der Waals surface area contributed by atoms with E-state index in [0.29, 0.717) is 34.8 Å². The number of methoxy groups -OCH3 is 1. The summed E-state index contributed by atoms with van der Waals surface area (Å²) in [6, 6.07) is 21.7. The normalized spacial score (nSPS) is 11.0. The number of benzene rings is 3. The second kappa shape index (κ2) is 8.70. The molecule has 0 bridgehead atoms. The van der Waals surface area contributed by atoms with E-state index in [1.54, 1.807) is 56.6 Å². The van der Waals surface area contributed by atoms with Gasteiger partial charge in [0.25, 0.3) is 11.5 Å². The molecule has 0 radical (unpaired) electrons. The second-order valence-corrected chi connectivity index (χ2v) is 7.75. The lowest BCUT2D eigenvalue weighted by molar-refractivity contribution is 0.102. The monoisotopic (exact) mass is 454 g/mol. The van der Waals surface area contributed by atoms with Crippen molar-refractivity contribution in [2.24, 2.45) is 7.05 Å². The molecule has 170 valence electrons. The van der Waals surface area contributed by atoms with Gasteiger partial charge >= 0.3 is 0 Å². The zero-order chi connectivity index (χ0) is 23.7. The molecular formula is C25H22N6O3. The van der Waals surface area contributed by atoms with E-state index in [1.807, 2.05) is 34.7 Å². The molecule has 34 heavy (non-hydrogen) atoms. The minimum atomic E-state index is -0.201. The van der Waals surface area contributed by atoms with Crippen LogP contribution in [-0.4, -0.2) is 32.2 Å². The summed E-state index contributed by atoms with van der Waals surface area (Å²) in [6.45, 7) is 0.390. The highest BCUT2D eigenvalue weighted by molar-refractivity contribution is 6.04. The molecule has 0 saturated carbocycles. The minimum Gasteiger partial charge on any atom is -0.497 e. The number of anilines is 2. The number of amides is 1. The zero-order valence-corrected chi connectivity index (χ0v) is 18.6. The first kappa shape index (κ1) is 21.2. The summed E-state index contributed by atoms with van der Waals surface area (Å²) < 4.78 is 8.50. The number of ether oxygens (including phenoxy) is 1. The van der Waals surface area contributed by atoms with Crippen molar-refractivity contribution in [3.05, 3.63) is 94.5 Å². The molecule has 0 unspecified atom stereocenters. The van der Waals surface area contributed by atoms with Gasteiger partial charge in [0.2, 0.25) is 5.78 Å². The van der Waals surface area contributed by atoms with Crippen molar-refractivity contribution in [1.29, 1.82) is 0 Å². The van der Waals surface area contributed by atoms with Crippen LogP contribution in [0.5, 0.6) is 5.75 Å². The Balaban J connectivity index is 1.32. The lowest BCUT2D eigenvalue weighted by atomic mass is 10.2. The van der Waals surface area contributed by atoms with Crippen LogP contribution in [0.25, 0.3) is 16.7 Å². The lowest BCUT2D eigenvalue weighted by Crippen LogP contribution is -2.20. The largest absolute Gasteiger partial charge is 0.497 e. The van der Waals surface area contributed by atoms with Gasteiger partial charge in [0.1, 0.15) is 5.75 Å². The number of rotatable bonds is 6. The maximum atomic E-state index is 12.6. The Labute approximate surface area is 194 Å². The zero-order valence-electron chi connectivity index (χ0n) is 18.6. The highest BCUT2D eigenvalue weighted by Gasteiger charge is 2.14. The van der Waals surface area contributed by atoms with Crippen molar-refractivity contribution >= 4 is 34.0 Å². The van der Waals surface area contributed by atoms with Crippen LogP contribution in [0.15, 0.2) is 77.6 Å². The summed E-state index contributed by atoms with van der Waals surface area (Å²) in [7, 11) is 3.28. The Hall–Kier alpha value is -4.66. The Morgan fingerprint density at radius 3 is 2.38 bits per heavy atom. The first-order valence-electron chi connectivity index (χ1n) is 10.7. The van der Waals surface area contributed by atoms with E-state index in [2.05, 4.69) is 20.8 Å². The van der Waals surface area contributed by atoms with Gasteiger partial charge in [-0.3, -0.25) is 18.6 Å². The molecule has 2 N–H and O–H groups in total. The van der Waals surface area contributed by atoms with E-state index in [0.717, 1.165) is 17.0 Å². The molecule has 0 aliphatic carbocycles. The summed E-state index contributed by atoms with van der Waals surface area (Å²) in [5.74, 6) is 1.67. The van der Waals surface area contributed by atoms with Crippen LogP contribution in [0.4, 0.5) is 11.4 Å². The van der Waals surface area contributed by atoms with E-state index in [-0.39, 0.29) is 11.5 Å². The molecule has 1 amide bonds. The molecule has 5 aromatic rings. The van der Waals surface area contributed by atoms with Gasteiger partial charge in [-0.15, -0.1) is 10.2 Å². The third-order valence-electron chi connectivity index (χ3n) is 5.64. The minimum absolute atomic E-state index is 0.112. The lowest BCUT2D eigenvalue weighted by Gasteiger charge is -2.10. The number of nitrogens with zero attached hydrogens (tertiary/aromatic N) is 4. The fraction of sp³-hybridized carbons (Fsp3) is 0.120. The molecule has 0 spiro atoms. The van der Waals surface area contributed by atoms with E-state index >= 15 is 0 Å². The molecule has 5 rings (SSSR count). The molecule has 2 aromatic heterocycles. The van der Waals surface area contributed by atoms with Crippen molar-refractivity contribution in [2.45, 2.75) is 6.54 Å². The number of aromatic nitrogens is 4. The highest BCUT2D eigenvalue weighted by atomic mass is 16.5. The van der Waals surface area contributed by atoms with Crippen molar-refractivity contribution in [3.8, 4) is 5.75 Å². The third-order valence-corrected chi connectivity index (χ3v) is 5.64. The van der Waals surface area contributed by atoms with Crippen LogP contribution in [0.2, 0.25) is 0 Å². The van der Waals surface area contributed by atoms with Gasteiger partial charge in [0.05, 0.1) is 24.6 Å². The molecule has 0 aliphatic rings. The fourth-order valence-electron chi connectivity index (χ4n) is 3.80. The first-order chi connectivity index (χ1) is 16.5. The number of aryl methyl sites for hydroxylation is 1. The van der Waals surface area contributed by atoms with E-state index in [9.17, 15) is 9.59 Å². The molecule has 9 nitrogen and oxygen atoms in total. The van der Waals surface area contributed by atoms with Gasteiger partial charge < -0.3 is 15.4 Å². The van der Waals surface area contributed by atoms with E-state index < -0.39 is 0 Å². The maximum Gasteiger partial charge on any atom is 0.262 e.